The fourth-order valence-electron chi connectivity index (χ4n) is 4.42. The molecule has 2 amide bonds. The normalized spacial score (nSPS) is 15.3. The average Bonchev–Trinajstić information content (AvgIpc) is 2.95. The van der Waals surface area contributed by atoms with Crippen LogP contribution in [0, 0.1) is 12.7 Å². The molecule has 0 bridgehead atoms. The summed E-state index contributed by atoms with van der Waals surface area (Å²) in [7, 11) is 1.28. The number of aryl methyl sites for hydroxylation is 1. The van der Waals surface area contributed by atoms with Gasteiger partial charge in [0.15, 0.2) is 0 Å². The van der Waals surface area contributed by atoms with Gasteiger partial charge < -0.3 is 25.4 Å². The molecule has 3 aromatic rings. The SMILES string of the molecule is COC(=O)CC1CN(C(=O)O)CCN1CCC(=O)Nc1cc(Nc2cc(-c3cc(Cl)ccc3F)nnc2C)ccn1. The van der Waals surface area contributed by atoms with Crippen LogP contribution in [0.15, 0.2) is 42.6 Å². The number of rotatable bonds is 9. The molecule has 2 aromatic heterocycles. The van der Waals surface area contributed by atoms with E-state index in [1.54, 1.807) is 25.1 Å². The zero-order valence-electron chi connectivity index (χ0n) is 22.4. The van der Waals surface area contributed by atoms with Crippen LogP contribution in [0.3, 0.4) is 0 Å². The van der Waals surface area contributed by atoms with Gasteiger partial charge in [-0.05, 0) is 37.3 Å². The molecule has 1 aliphatic heterocycles. The van der Waals surface area contributed by atoms with Crippen molar-refractivity contribution in [3.63, 3.8) is 0 Å². The van der Waals surface area contributed by atoms with Gasteiger partial charge in [0, 0.05) is 67.2 Å². The number of carbonyl (C=O) groups is 3. The molecule has 3 heterocycles. The van der Waals surface area contributed by atoms with Gasteiger partial charge in [-0.25, -0.2) is 14.2 Å². The number of esters is 1. The van der Waals surface area contributed by atoms with Crippen LogP contribution in [-0.4, -0.2) is 87.4 Å². The second-order valence-electron chi connectivity index (χ2n) is 9.40. The summed E-state index contributed by atoms with van der Waals surface area (Å²) < 4.78 is 19.1. The lowest BCUT2D eigenvalue weighted by atomic mass is 10.1. The van der Waals surface area contributed by atoms with Gasteiger partial charge in [0.1, 0.15) is 11.6 Å². The van der Waals surface area contributed by atoms with E-state index >= 15 is 0 Å². The number of hydrogen-bond donors (Lipinski definition) is 3. The molecule has 4 rings (SSSR count). The number of piperazine rings is 1. The molecule has 216 valence electrons. The predicted molar refractivity (Wildman–Crippen MR) is 150 cm³/mol. The van der Waals surface area contributed by atoms with E-state index in [2.05, 4.69) is 25.8 Å². The predicted octanol–water partition coefficient (Wildman–Crippen LogP) is 3.94. The van der Waals surface area contributed by atoms with E-state index in [1.807, 2.05) is 4.90 Å². The molecule has 1 saturated heterocycles. The van der Waals surface area contributed by atoms with Crippen LogP contribution >= 0.6 is 11.6 Å². The number of aromatic nitrogens is 3. The number of pyridine rings is 1. The van der Waals surface area contributed by atoms with Crippen LogP contribution in [0.5, 0.6) is 0 Å². The first kappa shape index (κ1) is 29.6. The third-order valence-corrected chi connectivity index (χ3v) is 6.86. The standard InChI is InChI=1S/C27H29ClFN7O5/c1-16-22(14-23(34-33-16)20-11-17(28)3-4-21(20)29)31-18-5-7-30-24(12-18)32-25(37)6-8-35-9-10-36(27(39)40)15-19(35)13-26(38)41-2/h3-5,7,11-12,14,19H,6,8-10,13,15H2,1-2H3,(H,39,40)(H2,30,31,32,34,37). The molecule has 0 radical (unpaired) electrons. The van der Waals surface area contributed by atoms with Gasteiger partial charge in [0.05, 0.1) is 30.6 Å². The maximum Gasteiger partial charge on any atom is 0.407 e. The number of ether oxygens (including phenoxy) is 1. The van der Waals surface area contributed by atoms with E-state index in [0.29, 0.717) is 46.7 Å². The van der Waals surface area contributed by atoms with Gasteiger partial charge in [0.2, 0.25) is 5.91 Å². The first-order chi connectivity index (χ1) is 19.6. The topological polar surface area (TPSA) is 150 Å². The number of methoxy groups -OCH3 is 1. The Balaban J connectivity index is 1.39. The van der Waals surface area contributed by atoms with Gasteiger partial charge in [-0.3, -0.25) is 14.5 Å². The molecule has 14 heteroatoms. The number of nitrogens with one attached hydrogen (secondary N) is 2. The van der Waals surface area contributed by atoms with E-state index in [-0.39, 0.29) is 37.4 Å². The molecule has 0 spiro atoms. The summed E-state index contributed by atoms with van der Waals surface area (Å²) in [4.78, 5) is 43.4. The van der Waals surface area contributed by atoms with Gasteiger partial charge in [-0.2, -0.15) is 10.2 Å². The molecular formula is C27H29ClFN7O5. The number of nitrogens with zero attached hydrogens (tertiary/aromatic N) is 5. The maximum absolute atomic E-state index is 14.4. The van der Waals surface area contributed by atoms with Crippen molar-refractivity contribution in [1.82, 2.24) is 25.0 Å². The number of carbonyl (C=O) groups excluding carboxylic acids is 2. The highest BCUT2D eigenvalue weighted by molar-refractivity contribution is 6.30. The Labute approximate surface area is 240 Å². The van der Waals surface area contributed by atoms with Crippen LogP contribution in [0.25, 0.3) is 11.3 Å². The quantitative estimate of drug-likeness (QED) is 0.315. The summed E-state index contributed by atoms with van der Waals surface area (Å²) in [5.74, 6) is -0.919. The minimum Gasteiger partial charge on any atom is -0.469 e. The number of hydrogen-bond acceptors (Lipinski definition) is 9. The van der Waals surface area contributed by atoms with E-state index in [4.69, 9.17) is 16.3 Å². The van der Waals surface area contributed by atoms with E-state index in [9.17, 15) is 23.9 Å². The van der Waals surface area contributed by atoms with Crippen LogP contribution in [0.4, 0.5) is 26.4 Å². The molecule has 0 aliphatic carbocycles. The van der Waals surface area contributed by atoms with Crippen molar-refractivity contribution in [2.45, 2.75) is 25.8 Å². The fourth-order valence-corrected chi connectivity index (χ4v) is 4.59. The van der Waals surface area contributed by atoms with E-state index in [0.717, 1.165) is 0 Å². The van der Waals surface area contributed by atoms with Crippen molar-refractivity contribution < 1.29 is 28.6 Å². The summed E-state index contributed by atoms with van der Waals surface area (Å²) in [6.07, 6.45) is 0.595. The van der Waals surface area contributed by atoms with E-state index in [1.165, 1.54) is 36.4 Å². The number of amides is 2. The first-order valence-corrected chi connectivity index (χ1v) is 13.1. The second kappa shape index (κ2) is 13.3. The molecule has 1 aliphatic rings. The first-order valence-electron chi connectivity index (χ1n) is 12.7. The Hall–Kier alpha value is -4.36. The Morgan fingerprint density at radius 1 is 1.17 bits per heavy atom. The highest BCUT2D eigenvalue weighted by Gasteiger charge is 2.31. The Morgan fingerprint density at radius 2 is 1.98 bits per heavy atom. The molecule has 1 atom stereocenters. The zero-order valence-corrected chi connectivity index (χ0v) is 23.2. The Kier molecular flexibility index (Phi) is 9.63. The minimum absolute atomic E-state index is 0.0200. The highest BCUT2D eigenvalue weighted by Crippen LogP contribution is 2.28. The molecule has 1 fully saturated rings. The fraction of sp³-hybridized carbons (Fsp3) is 0.333. The van der Waals surface area contributed by atoms with Crippen molar-refractivity contribution in [2.75, 3.05) is 43.9 Å². The smallest absolute Gasteiger partial charge is 0.407 e. The second-order valence-corrected chi connectivity index (χ2v) is 9.84. The van der Waals surface area contributed by atoms with Gasteiger partial charge in [0.25, 0.3) is 0 Å². The molecular weight excluding hydrogens is 557 g/mol. The summed E-state index contributed by atoms with van der Waals surface area (Å²) in [6, 6.07) is 8.80. The Morgan fingerprint density at radius 3 is 2.73 bits per heavy atom. The molecule has 41 heavy (non-hydrogen) atoms. The summed E-state index contributed by atoms with van der Waals surface area (Å²) >= 11 is 6.03. The number of carboxylic acid groups (broad SMARTS) is 1. The lowest BCUT2D eigenvalue weighted by Crippen LogP contribution is -2.55. The third kappa shape index (κ3) is 7.86. The molecule has 3 N–H and O–H groups in total. The molecule has 1 unspecified atom stereocenters. The summed E-state index contributed by atoms with van der Waals surface area (Å²) in [5.41, 5.74) is 2.27. The average molecular weight is 586 g/mol. The van der Waals surface area contributed by atoms with Gasteiger partial charge in [-0.1, -0.05) is 11.6 Å². The van der Waals surface area contributed by atoms with Crippen LogP contribution in [0.2, 0.25) is 5.02 Å². The minimum atomic E-state index is -1.05. The number of benzene rings is 1. The largest absolute Gasteiger partial charge is 0.469 e. The summed E-state index contributed by atoms with van der Waals surface area (Å²) in [6.45, 7) is 2.89. The van der Waals surface area contributed by atoms with Crippen LogP contribution in [0.1, 0.15) is 18.5 Å². The third-order valence-electron chi connectivity index (χ3n) is 6.62. The highest BCUT2D eigenvalue weighted by atomic mass is 35.5. The molecule has 1 aromatic carbocycles. The van der Waals surface area contributed by atoms with Crippen LogP contribution in [-0.2, 0) is 14.3 Å². The van der Waals surface area contributed by atoms with Crippen molar-refractivity contribution in [3.8, 4) is 11.3 Å². The van der Waals surface area contributed by atoms with Crippen LogP contribution < -0.4 is 10.6 Å². The lowest BCUT2D eigenvalue weighted by molar-refractivity contribution is -0.142. The van der Waals surface area contributed by atoms with Crippen molar-refractivity contribution >= 4 is 46.8 Å². The summed E-state index contributed by atoms with van der Waals surface area (Å²) in [5, 5.41) is 23.9. The maximum atomic E-state index is 14.4. The van der Waals surface area contributed by atoms with Crippen molar-refractivity contribution in [2.24, 2.45) is 0 Å². The van der Waals surface area contributed by atoms with Crippen molar-refractivity contribution in [3.05, 3.63) is 59.1 Å². The van der Waals surface area contributed by atoms with Crippen molar-refractivity contribution in [1.29, 1.82) is 0 Å². The van der Waals surface area contributed by atoms with E-state index < -0.39 is 23.9 Å². The zero-order chi connectivity index (χ0) is 29.5. The number of halogens is 2. The monoisotopic (exact) mass is 585 g/mol. The number of anilines is 3. The lowest BCUT2D eigenvalue weighted by Gasteiger charge is -2.39. The van der Waals surface area contributed by atoms with Gasteiger partial charge in [-0.15, -0.1) is 0 Å². The molecule has 12 nitrogen and oxygen atoms in total. The van der Waals surface area contributed by atoms with Gasteiger partial charge >= 0.3 is 12.1 Å². The molecule has 0 saturated carbocycles. The Bertz CT molecular complexity index is 1440.